The molecule has 2 aromatic carbocycles. The van der Waals surface area contributed by atoms with Crippen LogP contribution in [0.5, 0.6) is 0 Å². The van der Waals surface area contributed by atoms with Crippen molar-refractivity contribution in [3.05, 3.63) is 70.7 Å². The summed E-state index contributed by atoms with van der Waals surface area (Å²) in [6.45, 7) is 0.617. The van der Waals surface area contributed by atoms with Gasteiger partial charge in [-0.2, -0.15) is 0 Å². The molecular weight excluding hydrogens is 386 g/mol. The van der Waals surface area contributed by atoms with Gasteiger partial charge in [0.05, 0.1) is 0 Å². The summed E-state index contributed by atoms with van der Waals surface area (Å²) in [5.41, 5.74) is 1.84. The van der Waals surface area contributed by atoms with Gasteiger partial charge in [-0.15, -0.1) is 0 Å². The molecule has 1 unspecified atom stereocenters. The largest absolute Gasteiger partial charge is 0.460 e. The average molecular weight is 410 g/mol. The van der Waals surface area contributed by atoms with Gasteiger partial charge in [0.15, 0.2) is 0 Å². The van der Waals surface area contributed by atoms with Crippen LogP contribution in [0.3, 0.4) is 0 Å². The van der Waals surface area contributed by atoms with E-state index in [1.54, 1.807) is 6.07 Å². The van der Waals surface area contributed by atoms with Crippen LogP contribution in [-0.4, -0.2) is 32.4 Å². The first-order chi connectivity index (χ1) is 12.8. The SMILES string of the molecule is CS(=O)(=O)CCCC(NCc1cccc(Cl)c1)C(=O)OCc1ccccc1. The number of benzene rings is 2. The third-order valence-electron chi connectivity index (χ3n) is 3.96. The van der Waals surface area contributed by atoms with Crippen LogP contribution in [0.2, 0.25) is 5.02 Å². The Morgan fingerprint density at radius 2 is 1.81 bits per heavy atom. The average Bonchev–Trinajstić information content (AvgIpc) is 2.62. The molecule has 5 nitrogen and oxygen atoms in total. The molecule has 0 aromatic heterocycles. The first-order valence-electron chi connectivity index (χ1n) is 8.69. The molecular formula is C20H24ClNO4S. The number of hydrogen-bond donors (Lipinski definition) is 1. The number of halogens is 1. The normalized spacial score (nSPS) is 12.5. The van der Waals surface area contributed by atoms with E-state index in [2.05, 4.69) is 5.32 Å². The highest BCUT2D eigenvalue weighted by Crippen LogP contribution is 2.12. The number of carbonyl (C=O) groups excluding carboxylic acids is 1. The quantitative estimate of drug-likeness (QED) is 0.609. The van der Waals surface area contributed by atoms with E-state index in [0.717, 1.165) is 11.1 Å². The number of rotatable bonds is 10. The zero-order chi connectivity index (χ0) is 19.7. The van der Waals surface area contributed by atoms with Crippen molar-refractivity contribution in [1.82, 2.24) is 5.32 Å². The minimum Gasteiger partial charge on any atom is -0.460 e. The topological polar surface area (TPSA) is 72.5 Å². The van der Waals surface area contributed by atoms with Crippen molar-refractivity contribution >= 4 is 27.4 Å². The molecule has 27 heavy (non-hydrogen) atoms. The van der Waals surface area contributed by atoms with Gasteiger partial charge in [-0.05, 0) is 36.1 Å². The molecule has 7 heteroatoms. The standard InChI is InChI=1S/C20H24ClNO4S/c1-27(24,25)12-6-11-19(22-14-17-9-5-10-18(21)13-17)20(23)26-15-16-7-3-2-4-8-16/h2-5,7-10,13,19,22H,6,11-12,14-15H2,1H3. The molecule has 0 aliphatic heterocycles. The van der Waals surface area contributed by atoms with Crippen LogP contribution >= 0.6 is 11.6 Å². The van der Waals surface area contributed by atoms with Crippen LogP contribution in [0, 0.1) is 0 Å². The second-order valence-electron chi connectivity index (χ2n) is 6.43. The maximum absolute atomic E-state index is 12.5. The lowest BCUT2D eigenvalue weighted by atomic mass is 10.1. The monoisotopic (exact) mass is 409 g/mol. The summed E-state index contributed by atoms with van der Waals surface area (Å²) < 4.78 is 28.1. The number of carbonyl (C=O) groups is 1. The van der Waals surface area contributed by atoms with Gasteiger partial charge >= 0.3 is 5.97 Å². The third kappa shape index (κ3) is 8.56. The van der Waals surface area contributed by atoms with Gasteiger partial charge in [0, 0.05) is 23.6 Å². The fourth-order valence-corrected chi connectivity index (χ4v) is 3.47. The predicted octanol–water partition coefficient (Wildman–Crippen LogP) is 3.37. The van der Waals surface area contributed by atoms with Crippen molar-refractivity contribution in [3.63, 3.8) is 0 Å². The van der Waals surface area contributed by atoms with Gasteiger partial charge in [0.2, 0.25) is 0 Å². The highest BCUT2D eigenvalue weighted by Gasteiger charge is 2.20. The Labute approximate surface area is 165 Å². The molecule has 0 bridgehead atoms. The molecule has 0 spiro atoms. The van der Waals surface area contributed by atoms with Gasteiger partial charge in [0.25, 0.3) is 0 Å². The number of nitrogens with one attached hydrogen (secondary N) is 1. The fraction of sp³-hybridized carbons (Fsp3) is 0.350. The lowest BCUT2D eigenvalue weighted by molar-refractivity contribution is -0.147. The Morgan fingerprint density at radius 1 is 1.11 bits per heavy atom. The molecule has 0 aliphatic carbocycles. The minimum absolute atomic E-state index is 0.0360. The molecule has 0 saturated heterocycles. The van der Waals surface area contributed by atoms with Crippen LogP contribution < -0.4 is 5.32 Å². The predicted molar refractivity (Wildman–Crippen MR) is 107 cm³/mol. The van der Waals surface area contributed by atoms with E-state index in [4.69, 9.17) is 16.3 Å². The third-order valence-corrected chi connectivity index (χ3v) is 5.22. The summed E-state index contributed by atoms with van der Waals surface area (Å²) in [5.74, 6) is -0.358. The molecule has 0 saturated carbocycles. The Kier molecular flexibility index (Phi) is 8.28. The summed E-state index contributed by atoms with van der Waals surface area (Å²) in [5, 5.41) is 3.78. The van der Waals surface area contributed by atoms with E-state index in [9.17, 15) is 13.2 Å². The second-order valence-corrected chi connectivity index (χ2v) is 9.13. The van der Waals surface area contributed by atoms with Crippen molar-refractivity contribution in [3.8, 4) is 0 Å². The molecule has 0 aliphatic rings. The van der Waals surface area contributed by atoms with E-state index in [1.807, 2.05) is 48.5 Å². The van der Waals surface area contributed by atoms with Gasteiger partial charge < -0.3 is 10.1 Å². The van der Waals surface area contributed by atoms with E-state index in [1.165, 1.54) is 6.26 Å². The van der Waals surface area contributed by atoms with Crippen LogP contribution in [0.1, 0.15) is 24.0 Å². The Morgan fingerprint density at radius 3 is 2.48 bits per heavy atom. The van der Waals surface area contributed by atoms with E-state index in [0.29, 0.717) is 24.4 Å². The molecule has 1 N–H and O–H groups in total. The van der Waals surface area contributed by atoms with Gasteiger partial charge in [0.1, 0.15) is 22.5 Å². The van der Waals surface area contributed by atoms with Gasteiger partial charge in [-0.25, -0.2) is 8.42 Å². The van der Waals surface area contributed by atoms with Crippen LogP contribution in [0.15, 0.2) is 54.6 Å². The van der Waals surface area contributed by atoms with Crippen molar-refractivity contribution in [2.45, 2.75) is 32.0 Å². The summed E-state index contributed by atoms with van der Waals surface area (Å²) in [7, 11) is -3.07. The van der Waals surface area contributed by atoms with Crippen molar-refractivity contribution in [2.75, 3.05) is 12.0 Å². The van der Waals surface area contributed by atoms with Crippen LogP contribution in [0.4, 0.5) is 0 Å². The molecule has 146 valence electrons. The Bertz CT molecular complexity index is 840. The Balaban J connectivity index is 1.95. The van der Waals surface area contributed by atoms with E-state index < -0.39 is 21.8 Å². The summed E-state index contributed by atoms with van der Waals surface area (Å²) >= 11 is 5.99. The summed E-state index contributed by atoms with van der Waals surface area (Å²) in [6.07, 6.45) is 1.95. The highest BCUT2D eigenvalue weighted by atomic mass is 35.5. The minimum atomic E-state index is -3.07. The maximum atomic E-state index is 12.5. The fourth-order valence-electron chi connectivity index (χ4n) is 2.57. The van der Waals surface area contributed by atoms with Crippen molar-refractivity contribution in [2.24, 2.45) is 0 Å². The van der Waals surface area contributed by atoms with Gasteiger partial charge in [-0.1, -0.05) is 54.1 Å². The van der Waals surface area contributed by atoms with E-state index >= 15 is 0 Å². The zero-order valence-electron chi connectivity index (χ0n) is 15.2. The summed E-state index contributed by atoms with van der Waals surface area (Å²) in [6, 6.07) is 16.2. The van der Waals surface area contributed by atoms with Gasteiger partial charge in [-0.3, -0.25) is 4.79 Å². The maximum Gasteiger partial charge on any atom is 0.323 e. The smallest absolute Gasteiger partial charge is 0.323 e. The first kappa shape index (κ1) is 21.4. The summed E-state index contributed by atoms with van der Waals surface area (Å²) in [4.78, 5) is 12.5. The van der Waals surface area contributed by atoms with Crippen LogP contribution in [-0.2, 0) is 32.5 Å². The molecule has 0 heterocycles. The van der Waals surface area contributed by atoms with Crippen LogP contribution in [0.25, 0.3) is 0 Å². The second kappa shape index (κ2) is 10.4. The molecule has 0 radical (unpaired) electrons. The lowest BCUT2D eigenvalue weighted by Crippen LogP contribution is -2.38. The molecule has 2 aromatic rings. The zero-order valence-corrected chi connectivity index (χ0v) is 16.8. The first-order valence-corrected chi connectivity index (χ1v) is 11.1. The highest BCUT2D eigenvalue weighted by molar-refractivity contribution is 7.90. The molecule has 1 atom stereocenters. The number of hydrogen-bond acceptors (Lipinski definition) is 5. The lowest BCUT2D eigenvalue weighted by Gasteiger charge is -2.18. The number of sulfone groups is 1. The molecule has 0 fully saturated rings. The molecule has 2 rings (SSSR count). The van der Waals surface area contributed by atoms with E-state index in [-0.39, 0.29) is 12.4 Å². The number of esters is 1. The van der Waals surface area contributed by atoms with Crippen molar-refractivity contribution in [1.29, 1.82) is 0 Å². The van der Waals surface area contributed by atoms with Crippen molar-refractivity contribution < 1.29 is 17.9 Å². The number of ether oxygens (including phenoxy) is 1. The Hall–Kier alpha value is -1.89. The molecule has 0 amide bonds.